The van der Waals surface area contributed by atoms with Gasteiger partial charge in [-0.05, 0) is 26.0 Å². The summed E-state index contributed by atoms with van der Waals surface area (Å²) < 4.78 is 10.8. The summed E-state index contributed by atoms with van der Waals surface area (Å²) in [5.74, 6) is 0. The molecule has 17 heavy (non-hydrogen) atoms. The van der Waals surface area contributed by atoms with Crippen LogP contribution < -0.4 is 4.74 Å². The SMILES string of the molecule is COCc1ccnc(OC2CCN(C)CC2)n1. The van der Waals surface area contributed by atoms with Crippen molar-refractivity contribution in [3.63, 3.8) is 0 Å². The highest BCUT2D eigenvalue weighted by atomic mass is 16.5. The minimum Gasteiger partial charge on any atom is -0.460 e. The van der Waals surface area contributed by atoms with Gasteiger partial charge >= 0.3 is 6.01 Å². The van der Waals surface area contributed by atoms with Crippen molar-refractivity contribution in [1.29, 1.82) is 0 Å². The third-order valence-corrected chi connectivity index (χ3v) is 2.92. The van der Waals surface area contributed by atoms with Crippen LogP contribution in [0.4, 0.5) is 0 Å². The van der Waals surface area contributed by atoms with Gasteiger partial charge in [0.25, 0.3) is 0 Å². The van der Waals surface area contributed by atoms with E-state index in [9.17, 15) is 0 Å². The van der Waals surface area contributed by atoms with E-state index in [1.807, 2.05) is 6.07 Å². The molecule has 5 heteroatoms. The van der Waals surface area contributed by atoms with E-state index >= 15 is 0 Å². The van der Waals surface area contributed by atoms with Gasteiger partial charge < -0.3 is 14.4 Å². The quantitative estimate of drug-likeness (QED) is 0.784. The van der Waals surface area contributed by atoms with E-state index in [4.69, 9.17) is 9.47 Å². The molecule has 0 aromatic carbocycles. The largest absolute Gasteiger partial charge is 0.460 e. The van der Waals surface area contributed by atoms with E-state index in [0.717, 1.165) is 31.6 Å². The molecule has 0 bridgehead atoms. The first-order valence-corrected chi connectivity index (χ1v) is 5.94. The number of likely N-dealkylation sites (tertiary alicyclic amines) is 1. The minimum atomic E-state index is 0.240. The highest BCUT2D eigenvalue weighted by Gasteiger charge is 2.18. The molecule has 5 nitrogen and oxygen atoms in total. The number of hydrogen-bond donors (Lipinski definition) is 0. The second-order valence-corrected chi connectivity index (χ2v) is 4.38. The first kappa shape index (κ1) is 12.3. The zero-order chi connectivity index (χ0) is 12.1. The average molecular weight is 237 g/mol. The van der Waals surface area contributed by atoms with Gasteiger partial charge in [-0.1, -0.05) is 0 Å². The van der Waals surface area contributed by atoms with Crippen molar-refractivity contribution in [1.82, 2.24) is 14.9 Å². The number of ether oxygens (including phenoxy) is 2. The Balaban J connectivity index is 1.91. The molecule has 1 aromatic rings. The number of nitrogens with zero attached hydrogens (tertiary/aromatic N) is 3. The number of methoxy groups -OCH3 is 1. The maximum atomic E-state index is 5.79. The van der Waals surface area contributed by atoms with Crippen molar-refractivity contribution in [3.8, 4) is 6.01 Å². The summed E-state index contributed by atoms with van der Waals surface area (Å²) in [5, 5.41) is 0. The summed E-state index contributed by atoms with van der Waals surface area (Å²) in [7, 11) is 3.78. The molecule has 2 rings (SSSR count). The van der Waals surface area contributed by atoms with Gasteiger partial charge in [0.2, 0.25) is 0 Å². The normalized spacial score (nSPS) is 18.2. The van der Waals surface area contributed by atoms with Crippen LogP contribution in [0.15, 0.2) is 12.3 Å². The lowest BCUT2D eigenvalue weighted by Gasteiger charge is -2.28. The van der Waals surface area contributed by atoms with Crippen LogP contribution in [-0.2, 0) is 11.3 Å². The van der Waals surface area contributed by atoms with E-state index in [1.54, 1.807) is 13.3 Å². The fourth-order valence-corrected chi connectivity index (χ4v) is 1.91. The third kappa shape index (κ3) is 3.64. The first-order valence-electron chi connectivity index (χ1n) is 5.94. The predicted octanol–water partition coefficient (Wildman–Crippen LogP) is 1.10. The second kappa shape index (κ2) is 5.93. The van der Waals surface area contributed by atoms with Crippen molar-refractivity contribution >= 4 is 0 Å². The van der Waals surface area contributed by atoms with Crippen LogP contribution in [0.2, 0.25) is 0 Å². The van der Waals surface area contributed by atoms with Crippen molar-refractivity contribution in [2.75, 3.05) is 27.2 Å². The Labute approximate surface area is 102 Å². The monoisotopic (exact) mass is 237 g/mol. The number of hydrogen-bond acceptors (Lipinski definition) is 5. The topological polar surface area (TPSA) is 47.5 Å². The van der Waals surface area contributed by atoms with E-state index in [-0.39, 0.29) is 6.10 Å². The van der Waals surface area contributed by atoms with Crippen molar-refractivity contribution in [2.24, 2.45) is 0 Å². The van der Waals surface area contributed by atoms with Crippen LogP contribution >= 0.6 is 0 Å². The Bertz CT molecular complexity index is 351. The molecule has 1 aliphatic rings. The molecule has 2 heterocycles. The standard InChI is InChI=1S/C12H19N3O2/c1-15-7-4-11(5-8-15)17-12-13-6-3-10(14-12)9-16-2/h3,6,11H,4-5,7-9H2,1-2H3. The molecule has 0 spiro atoms. The van der Waals surface area contributed by atoms with E-state index in [1.165, 1.54) is 0 Å². The zero-order valence-electron chi connectivity index (χ0n) is 10.4. The minimum absolute atomic E-state index is 0.240. The summed E-state index contributed by atoms with van der Waals surface area (Å²) >= 11 is 0. The van der Waals surface area contributed by atoms with E-state index in [0.29, 0.717) is 12.6 Å². The van der Waals surface area contributed by atoms with Crippen molar-refractivity contribution in [3.05, 3.63) is 18.0 Å². The van der Waals surface area contributed by atoms with Crippen molar-refractivity contribution < 1.29 is 9.47 Å². The van der Waals surface area contributed by atoms with Gasteiger partial charge in [0.05, 0.1) is 12.3 Å². The molecule has 0 atom stereocenters. The predicted molar refractivity (Wildman–Crippen MR) is 63.9 cm³/mol. The summed E-state index contributed by atoms with van der Waals surface area (Å²) in [5.41, 5.74) is 0.852. The van der Waals surface area contributed by atoms with Gasteiger partial charge in [-0.15, -0.1) is 0 Å². The molecule has 1 saturated heterocycles. The van der Waals surface area contributed by atoms with Gasteiger partial charge in [0.1, 0.15) is 6.10 Å². The van der Waals surface area contributed by atoms with Gasteiger partial charge in [0, 0.05) is 26.4 Å². The molecule has 1 aromatic heterocycles. The third-order valence-electron chi connectivity index (χ3n) is 2.92. The molecule has 0 radical (unpaired) electrons. The van der Waals surface area contributed by atoms with E-state index < -0.39 is 0 Å². The maximum Gasteiger partial charge on any atom is 0.316 e. The number of piperidine rings is 1. The van der Waals surface area contributed by atoms with Crippen molar-refractivity contribution in [2.45, 2.75) is 25.6 Å². The first-order chi connectivity index (χ1) is 8.28. The fraction of sp³-hybridized carbons (Fsp3) is 0.667. The smallest absolute Gasteiger partial charge is 0.316 e. The Morgan fingerprint density at radius 3 is 2.88 bits per heavy atom. The Hall–Kier alpha value is -1.20. The van der Waals surface area contributed by atoms with Crippen LogP contribution in [0.5, 0.6) is 6.01 Å². The number of rotatable bonds is 4. The molecule has 1 aliphatic heterocycles. The lowest BCUT2D eigenvalue weighted by molar-refractivity contribution is 0.104. The van der Waals surface area contributed by atoms with Crippen LogP contribution in [-0.4, -0.2) is 48.2 Å². The molecule has 0 aliphatic carbocycles. The van der Waals surface area contributed by atoms with Gasteiger partial charge in [-0.3, -0.25) is 0 Å². The van der Waals surface area contributed by atoms with Gasteiger partial charge in [-0.2, -0.15) is 4.98 Å². The maximum absolute atomic E-state index is 5.79. The summed E-state index contributed by atoms with van der Waals surface area (Å²) in [4.78, 5) is 10.7. The molecule has 0 N–H and O–H groups in total. The number of aromatic nitrogens is 2. The van der Waals surface area contributed by atoms with Gasteiger partial charge in [0.15, 0.2) is 0 Å². The fourth-order valence-electron chi connectivity index (χ4n) is 1.91. The lowest BCUT2D eigenvalue weighted by atomic mass is 10.1. The molecule has 0 saturated carbocycles. The Kier molecular flexibility index (Phi) is 4.28. The lowest BCUT2D eigenvalue weighted by Crippen LogP contribution is -2.36. The summed E-state index contributed by atoms with van der Waals surface area (Å²) in [6, 6.07) is 2.31. The average Bonchev–Trinajstić information content (AvgIpc) is 2.33. The summed E-state index contributed by atoms with van der Waals surface area (Å²) in [6.07, 6.45) is 4.03. The van der Waals surface area contributed by atoms with Crippen LogP contribution in [0.25, 0.3) is 0 Å². The van der Waals surface area contributed by atoms with Gasteiger partial charge in [-0.25, -0.2) is 4.98 Å². The second-order valence-electron chi connectivity index (χ2n) is 4.38. The molecule has 0 amide bonds. The van der Waals surface area contributed by atoms with E-state index in [2.05, 4.69) is 21.9 Å². The van der Waals surface area contributed by atoms with Crippen LogP contribution in [0.3, 0.4) is 0 Å². The summed E-state index contributed by atoms with van der Waals surface area (Å²) in [6.45, 7) is 2.64. The molecular weight excluding hydrogens is 218 g/mol. The Morgan fingerprint density at radius 1 is 1.41 bits per heavy atom. The highest BCUT2D eigenvalue weighted by Crippen LogP contribution is 2.15. The highest BCUT2D eigenvalue weighted by molar-refractivity contribution is 5.04. The molecule has 94 valence electrons. The van der Waals surface area contributed by atoms with Crippen LogP contribution in [0, 0.1) is 0 Å². The zero-order valence-corrected chi connectivity index (χ0v) is 10.4. The molecular formula is C12H19N3O2. The van der Waals surface area contributed by atoms with Crippen LogP contribution in [0.1, 0.15) is 18.5 Å². The molecule has 1 fully saturated rings. The molecule has 0 unspecified atom stereocenters. The Morgan fingerprint density at radius 2 is 2.18 bits per heavy atom.